The Labute approximate surface area is 133 Å². The largest absolute Gasteiger partial charge is 0.354 e. The minimum absolute atomic E-state index is 0.279. The third kappa shape index (κ3) is 6.95. The molecule has 0 saturated heterocycles. The topological polar surface area (TPSA) is 88.8 Å². The van der Waals surface area contributed by atoms with Crippen molar-refractivity contribution in [1.82, 2.24) is 15.0 Å². The van der Waals surface area contributed by atoms with Crippen LogP contribution in [-0.2, 0) is 0 Å². The molecule has 1 unspecified atom stereocenters. The van der Waals surface area contributed by atoms with Gasteiger partial charge in [0, 0.05) is 18.8 Å². The predicted octanol–water partition coefficient (Wildman–Crippen LogP) is 2.62. The molecule has 0 fully saturated rings. The summed E-state index contributed by atoms with van der Waals surface area (Å²) in [5.74, 6) is 2.25. The van der Waals surface area contributed by atoms with Crippen molar-refractivity contribution in [2.24, 2.45) is 5.73 Å². The zero-order valence-electron chi connectivity index (χ0n) is 13.1. The van der Waals surface area contributed by atoms with Gasteiger partial charge in [0.25, 0.3) is 0 Å². The summed E-state index contributed by atoms with van der Waals surface area (Å²) in [4.78, 5) is 13.1. The van der Waals surface area contributed by atoms with Gasteiger partial charge in [0.15, 0.2) is 5.82 Å². The first-order chi connectivity index (χ1) is 10.2. The van der Waals surface area contributed by atoms with Crippen molar-refractivity contribution in [2.45, 2.75) is 52.0 Å². The first kappa shape index (κ1) is 18.0. The fourth-order valence-electron chi connectivity index (χ4n) is 1.79. The molecule has 0 saturated carbocycles. The predicted molar refractivity (Wildman–Crippen MR) is 92.0 cm³/mol. The number of nitrogens with zero attached hydrogens (tertiary/aromatic N) is 3. The molecule has 1 rings (SSSR count). The first-order valence-electron chi connectivity index (χ1n) is 7.81. The van der Waals surface area contributed by atoms with Crippen LogP contribution in [0.3, 0.4) is 0 Å². The van der Waals surface area contributed by atoms with Crippen LogP contribution < -0.4 is 16.4 Å². The average molecular weight is 312 g/mol. The summed E-state index contributed by atoms with van der Waals surface area (Å²) in [6.07, 6.45) is 5.85. The van der Waals surface area contributed by atoms with Gasteiger partial charge in [-0.3, -0.25) is 0 Å². The van der Waals surface area contributed by atoms with Crippen LogP contribution in [0.15, 0.2) is 0 Å². The number of unbranched alkanes of at least 4 members (excludes halogenated alkanes) is 3. The molecule has 1 aromatic rings. The summed E-state index contributed by atoms with van der Waals surface area (Å²) < 4.78 is 0. The van der Waals surface area contributed by atoms with Crippen molar-refractivity contribution in [2.75, 3.05) is 29.5 Å². The van der Waals surface area contributed by atoms with Gasteiger partial charge in [-0.2, -0.15) is 27.6 Å². The molecule has 1 heterocycles. The minimum atomic E-state index is -0.279. The van der Waals surface area contributed by atoms with Gasteiger partial charge in [-0.15, -0.1) is 0 Å². The molecule has 0 aliphatic heterocycles. The number of hydrogen-bond donors (Lipinski definition) is 4. The van der Waals surface area contributed by atoms with Gasteiger partial charge >= 0.3 is 0 Å². The number of thiol groups is 1. The third-order valence-corrected chi connectivity index (χ3v) is 3.42. The van der Waals surface area contributed by atoms with Crippen LogP contribution in [0.1, 0.15) is 57.8 Å². The van der Waals surface area contributed by atoms with E-state index in [1.807, 2.05) is 0 Å². The Balaban J connectivity index is 2.66. The standard InChI is InChI=1S/C14H28N6S/c1-3-5-6-7-9-17-14-19-12(11(15)10-21)18-13(20-14)16-8-4-2/h11,21H,3-10,15H2,1-2H3,(H2,16,17,18,19,20). The molecule has 0 bridgehead atoms. The number of anilines is 2. The highest BCUT2D eigenvalue weighted by Crippen LogP contribution is 2.12. The average Bonchev–Trinajstić information content (AvgIpc) is 2.51. The van der Waals surface area contributed by atoms with Crippen LogP contribution in [-0.4, -0.2) is 33.8 Å². The number of aromatic nitrogens is 3. The molecule has 6 nitrogen and oxygen atoms in total. The van der Waals surface area contributed by atoms with Crippen molar-refractivity contribution in [3.63, 3.8) is 0 Å². The fraction of sp³-hybridized carbons (Fsp3) is 0.786. The Kier molecular flexibility index (Phi) is 9.09. The second-order valence-electron chi connectivity index (χ2n) is 5.04. The summed E-state index contributed by atoms with van der Waals surface area (Å²) in [5, 5.41) is 6.44. The molecule has 0 aromatic carbocycles. The highest BCUT2D eigenvalue weighted by atomic mass is 32.1. The summed E-state index contributed by atoms with van der Waals surface area (Å²) >= 11 is 4.21. The van der Waals surface area contributed by atoms with Crippen LogP contribution in [0.5, 0.6) is 0 Å². The first-order valence-corrected chi connectivity index (χ1v) is 8.44. The molecule has 120 valence electrons. The zero-order valence-corrected chi connectivity index (χ0v) is 14.0. The van der Waals surface area contributed by atoms with E-state index in [9.17, 15) is 0 Å². The summed E-state index contributed by atoms with van der Waals surface area (Å²) in [5.41, 5.74) is 5.97. The highest BCUT2D eigenvalue weighted by molar-refractivity contribution is 7.80. The number of nitrogens with one attached hydrogen (secondary N) is 2. The van der Waals surface area contributed by atoms with E-state index in [1.165, 1.54) is 19.3 Å². The lowest BCUT2D eigenvalue weighted by Crippen LogP contribution is -2.19. The summed E-state index contributed by atoms with van der Waals surface area (Å²) in [6, 6.07) is -0.279. The lowest BCUT2D eigenvalue weighted by molar-refractivity contribution is 0.681. The van der Waals surface area contributed by atoms with E-state index in [1.54, 1.807) is 0 Å². The molecule has 21 heavy (non-hydrogen) atoms. The SMILES string of the molecule is CCCCCCNc1nc(NCCC)nc(C(N)CS)n1. The molecule has 0 spiro atoms. The molecule has 7 heteroatoms. The second-order valence-corrected chi connectivity index (χ2v) is 5.41. The second kappa shape index (κ2) is 10.6. The van der Waals surface area contributed by atoms with E-state index >= 15 is 0 Å². The Bertz CT molecular complexity index is 401. The monoisotopic (exact) mass is 312 g/mol. The van der Waals surface area contributed by atoms with E-state index in [0.717, 1.165) is 25.9 Å². The quantitative estimate of drug-likeness (QED) is 0.371. The summed E-state index contributed by atoms with van der Waals surface area (Å²) in [7, 11) is 0. The molecule has 4 N–H and O–H groups in total. The molecule has 0 aliphatic carbocycles. The Morgan fingerprint density at radius 1 is 0.952 bits per heavy atom. The molecule has 0 amide bonds. The third-order valence-electron chi connectivity index (χ3n) is 3.03. The molecule has 0 radical (unpaired) electrons. The van der Waals surface area contributed by atoms with Gasteiger partial charge in [0.05, 0.1) is 6.04 Å². The van der Waals surface area contributed by atoms with E-state index in [2.05, 4.69) is 52.1 Å². The van der Waals surface area contributed by atoms with Crippen LogP contribution in [0, 0.1) is 0 Å². The van der Waals surface area contributed by atoms with Gasteiger partial charge in [0.1, 0.15) is 0 Å². The van der Waals surface area contributed by atoms with Crippen LogP contribution in [0.2, 0.25) is 0 Å². The highest BCUT2D eigenvalue weighted by Gasteiger charge is 2.11. The van der Waals surface area contributed by atoms with Crippen LogP contribution >= 0.6 is 12.6 Å². The van der Waals surface area contributed by atoms with Gasteiger partial charge in [-0.25, -0.2) is 0 Å². The van der Waals surface area contributed by atoms with E-state index < -0.39 is 0 Å². The van der Waals surface area contributed by atoms with Crippen molar-refractivity contribution in [1.29, 1.82) is 0 Å². The van der Waals surface area contributed by atoms with Crippen LogP contribution in [0.4, 0.5) is 11.9 Å². The van der Waals surface area contributed by atoms with Crippen LogP contribution in [0.25, 0.3) is 0 Å². The van der Waals surface area contributed by atoms with E-state index in [4.69, 9.17) is 5.73 Å². The van der Waals surface area contributed by atoms with Gasteiger partial charge in [-0.1, -0.05) is 33.1 Å². The maximum Gasteiger partial charge on any atom is 0.227 e. The molecule has 1 aromatic heterocycles. The summed E-state index contributed by atoms with van der Waals surface area (Å²) in [6.45, 7) is 6.00. The lowest BCUT2D eigenvalue weighted by atomic mass is 10.2. The van der Waals surface area contributed by atoms with Gasteiger partial charge < -0.3 is 16.4 Å². The molecular formula is C14H28N6S. The number of hydrogen-bond acceptors (Lipinski definition) is 7. The van der Waals surface area contributed by atoms with Gasteiger partial charge in [-0.05, 0) is 12.8 Å². The zero-order chi connectivity index (χ0) is 15.5. The molecular weight excluding hydrogens is 284 g/mol. The number of nitrogens with two attached hydrogens (primary N) is 1. The van der Waals surface area contributed by atoms with Crippen molar-refractivity contribution >= 4 is 24.5 Å². The van der Waals surface area contributed by atoms with E-state index in [-0.39, 0.29) is 6.04 Å². The Morgan fingerprint density at radius 3 is 2.19 bits per heavy atom. The maximum absolute atomic E-state index is 5.97. The molecule has 1 atom stereocenters. The molecule has 0 aliphatic rings. The van der Waals surface area contributed by atoms with E-state index in [0.29, 0.717) is 23.5 Å². The normalized spacial score (nSPS) is 12.2. The van der Waals surface area contributed by atoms with Crippen molar-refractivity contribution < 1.29 is 0 Å². The lowest BCUT2D eigenvalue weighted by Gasteiger charge is -2.12. The minimum Gasteiger partial charge on any atom is -0.354 e. The smallest absolute Gasteiger partial charge is 0.227 e. The van der Waals surface area contributed by atoms with Crippen molar-refractivity contribution in [3.8, 4) is 0 Å². The number of rotatable bonds is 11. The van der Waals surface area contributed by atoms with Gasteiger partial charge in [0.2, 0.25) is 11.9 Å². The Hall–Kier alpha value is -1.08. The fourth-order valence-corrected chi connectivity index (χ4v) is 1.95. The van der Waals surface area contributed by atoms with Crippen molar-refractivity contribution in [3.05, 3.63) is 5.82 Å². The maximum atomic E-state index is 5.97. The Morgan fingerprint density at radius 2 is 1.62 bits per heavy atom.